The van der Waals surface area contributed by atoms with E-state index in [-0.39, 0.29) is 24.8 Å². The first-order chi connectivity index (χ1) is 11.3. The van der Waals surface area contributed by atoms with Gasteiger partial charge in [0.2, 0.25) is 11.7 Å². The molecular formula is C15H15F3N4O2. The molecular weight excluding hydrogens is 325 g/mol. The van der Waals surface area contributed by atoms with Gasteiger partial charge in [0.05, 0.1) is 6.04 Å². The zero-order valence-electron chi connectivity index (χ0n) is 13.0. The molecule has 0 N–H and O–H groups in total. The number of hydrogen-bond acceptors (Lipinski definition) is 4. The Bertz CT molecular complexity index is 791. The molecule has 2 aromatic rings. The standard InChI is InChI=1S/C15H15F3N4O2/c1-9-3-4-11(24-9)5-6-12(23)21-7-8-22-13(10(21)2)19-20-14(22)15(16,17)18/h3-6,10H,7-8H2,1-2H3/b6-5+. The molecule has 128 valence electrons. The molecule has 1 unspecified atom stereocenters. The molecule has 1 atom stereocenters. The third-order valence-corrected chi connectivity index (χ3v) is 3.87. The Morgan fingerprint density at radius 2 is 2.08 bits per heavy atom. The van der Waals surface area contributed by atoms with Crippen LogP contribution in [0.2, 0.25) is 0 Å². The number of nitrogens with zero attached hydrogens (tertiary/aromatic N) is 4. The summed E-state index contributed by atoms with van der Waals surface area (Å²) in [6.07, 6.45) is -1.69. The molecule has 0 spiro atoms. The summed E-state index contributed by atoms with van der Waals surface area (Å²) < 4.78 is 45.0. The van der Waals surface area contributed by atoms with E-state index in [1.54, 1.807) is 26.0 Å². The summed E-state index contributed by atoms with van der Waals surface area (Å²) in [5, 5.41) is 6.84. The fourth-order valence-corrected chi connectivity index (χ4v) is 2.69. The maximum absolute atomic E-state index is 12.9. The molecule has 0 aromatic carbocycles. The zero-order valence-corrected chi connectivity index (χ0v) is 13.0. The van der Waals surface area contributed by atoms with Crippen LogP contribution in [0.5, 0.6) is 0 Å². The highest BCUT2D eigenvalue weighted by Crippen LogP contribution is 2.32. The monoisotopic (exact) mass is 340 g/mol. The molecule has 1 aliphatic heterocycles. The summed E-state index contributed by atoms with van der Waals surface area (Å²) in [7, 11) is 0. The summed E-state index contributed by atoms with van der Waals surface area (Å²) >= 11 is 0. The van der Waals surface area contributed by atoms with Crippen LogP contribution in [0.1, 0.15) is 36.1 Å². The molecule has 0 aliphatic carbocycles. The normalized spacial score (nSPS) is 18.2. The van der Waals surface area contributed by atoms with Crippen molar-refractivity contribution in [2.75, 3.05) is 6.54 Å². The average molecular weight is 340 g/mol. The molecule has 3 rings (SSSR count). The van der Waals surface area contributed by atoms with Crippen molar-refractivity contribution < 1.29 is 22.4 Å². The number of carbonyl (C=O) groups excluding carboxylic acids is 1. The zero-order chi connectivity index (χ0) is 17.5. The third-order valence-electron chi connectivity index (χ3n) is 3.87. The number of aryl methyl sites for hydroxylation is 1. The molecule has 9 heteroatoms. The van der Waals surface area contributed by atoms with Gasteiger partial charge in [0, 0.05) is 19.2 Å². The Balaban J connectivity index is 1.78. The minimum Gasteiger partial charge on any atom is -0.462 e. The van der Waals surface area contributed by atoms with E-state index in [2.05, 4.69) is 10.2 Å². The van der Waals surface area contributed by atoms with Gasteiger partial charge in [0.1, 0.15) is 11.5 Å². The number of rotatable bonds is 2. The predicted octanol–water partition coefficient (Wildman–Crippen LogP) is 2.81. The van der Waals surface area contributed by atoms with E-state index < -0.39 is 18.0 Å². The summed E-state index contributed by atoms with van der Waals surface area (Å²) in [6.45, 7) is 3.57. The van der Waals surface area contributed by atoms with E-state index in [1.165, 1.54) is 17.1 Å². The molecule has 2 aromatic heterocycles. The van der Waals surface area contributed by atoms with Crippen LogP contribution in [0.3, 0.4) is 0 Å². The molecule has 1 aliphatic rings. The van der Waals surface area contributed by atoms with E-state index in [1.807, 2.05) is 0 Å². The number of amides is 1. The quantitative estimate of drug-likeness (QED) is 0.789. The molecule has 0 saturated heterocycles. The predicted molar refractivity (Wildman–Crippen MR) is 77.6 cm³/mol. The topological polar surface area (TPSA) is 64.2 Å². The molecule has 1 amide bonds. The van der Waals surface area contributed by atoms with Crippen molar-refractivity contribution in [1.29, 1.82) is 0 Å². The number of furan rings is 1. The van der Waals surface area contributed by atoms with Crippen molar-refractivity contribution >= 4 is 12.0 Å². The highest BCUT2D eigenvalue weighted by Gasteiger charge is 2.41. The Hall–Kier alpha value is -2.58. The van der Waals surface area contributed by atoms with Gasteiger partial charge in [-0.25, -0.2) is 0 Å². The minimum atomic E-state index is -4.56. The molecule has 6 nitrogen and oxygen atoms in total. The van der Waals surface area contributed by atoms with Crippen LogP contribution < -0.4 is 0 Å². The van der Waals surface area contributed by atoms with Crippen molar-refractivity contribution in [3.8, 4) is 0 Å². The van der Waals surface area contributed by atoms with Gasteiger partial charge < -0.3 is 13.9 Å². The minimum absolute atomic E-state index is 0.000949. The van der Waals surface area contributed by atoms with Crippen LogP contribution in [-0.2, 0) is 17.5 Å². The number of alkyl halides is 3. The largest absolute Gasteiger partial charge is 0.462 e. The fraction of sp³-hybridized carbons (Fsp3) is 0.400. The molecule has 3 heterocycles. The van der Waals surface area contributed by atoms with Crippen molar-refractivity contribution in [1.82, 2.24) is 19.7 Å². The van der Waals surface area contributed by atoms with E-state index in [9.17, 15) is 18.0 Å². The lowest BCUT2D eigenvalue weighted by Crippen LogP contribution is -2.41. The van der Waals surface area contributed by atoms with Crippen LogP contribution in [0.25, 0.3) is 6.08 Å². The van der Waals surface area contributed by atoms with Gasteiger partial charge in [-0.15, -0.1) is 10.2 Å². The Morgan fingerprint density at radius 1 is 1.33 bits per heavy atom. The van der Waals surface area contributed by atoms with Gasteiger partial charge in [-0.05, 0) is 32.1 Å². The Morgan fingerprint density at radius 3 is 2.71 bits per heavy atom. The number of halogens is 3. The maximum atomic E-state index is 12.9. The second-order valence-corrected chi connectivity index (χ2v) is 5.52. The van der Waals surface area contributed by atoms with E-state index in [0.29, 0.717) is 5.76 Å². The second kappa shape index (κ2) is 5.81. The lowest BCUT2D eigenvalue weighted by Gasteiger charge is -2.33. The highest BCUT2D eigenvalue weighted by molar-refractivity contribution is 5.91. The Kier molecular flexibility index (Phi) is 3.94. The number of fused-ring (bicyclic) bond motifs is 1. The molecule has 0 bridgehead atoms. The lowest BCUT2D eigenvalue weighted by molar-refractivity contribution is -0.148. The van der Waals surface area contributed by atoms with Crippen molar-refractivity contribution in [2.24, 2.45) is 0 Å². The molecule has 0 saturated carbocycles. The van der Waals surface area contributed by atoms with Crippen LogP contribution in [-0.4, -0.2) is 32.1 Å². The maximum Gasteiger partial charge on any atom is 0.451 e. The van der Waals surface area contributed by atoms with Gasteiger partial charge in [-0.3, -0.25) is 4.79 Å². The SMILES string of the molecule is Cc1ccc(/C=C/C(=O)N2CCn3c(nnc3C(F)(F)F)C2C)o1. The summed E-state index contributed by atoms with van der Waals surface area (Å²) in [5.41, 5.74) is 0. The van der Waals surface area contributed by atoms with Crippen LogP contribution in [0.4, 0.5) is 13.2 Å². The van der Waals surface area contributed by atoms with Gasteiger partial charge in [0.25, 0.3) is 0 Å². The van der Waals surface area contributed by atoms with Crippen molar-refractivity contribution in [2.45, 2.75) is 32.6 Å². The van der Waals surface area contributed by atoms with Crippen LogP contribution in [0.15, 0.2) is 22.6 Å². The highest BCUT2D eigenvalue weighted by atomic mass is 19.4. The smallest absolute Gasteiger partial charge is 0.451 e. The van der Waals surface area contributed by atoms with Gasteiger partial charge in [-0.2, -0.15) is 13.2 Å². The first-order valence-corrected chi connectivity index (χ1v) is 7.33. The number of aromatic nitrogens is 3. The number of hydrogen-bond donors (Lipinski definition) is 0. The summed E-state index contributed by atoms with van der Waals surface area (Å²) in [5.74, 6) is 0.0378. The van der Waals surface area contributed by atoms with Gasteiger partial charge in [-0.1, -0.05) is 0 Å². The summed E-state index contributed by atoms with van der Waals surface area (Å²) in [4.78, 5) is 13.8. The fourth-order valence-electron chi connectivity index (χ4n) is 2.69. The average Bonchev–Trinajstić information content (AvgIpc) is 3.11. The third kappa shape index (κ3) is 2.93. The summed E-state index contributed by atoms with van der Waals surface area (Å²) in [6, 6.07) is 2.90. The lowest BCUT2D eigenvalue weighted by atomic mass is 10.2. The molecule has 0 radical (unpaired) electrons. The van der Waals surface area contributed by atoms with E-state index in [0.717, 1.165) is 10.3 Å². The van der Waals surface area contributed by atoms with Crippen molar-refractivity contribution in [3.63, 3.8) is 0 Å². The van der Waals surface area contributed by atoms with Crippen LogP contribution >= 0.6 is 0 Å². The second-order valence-electron chi connectivity index (χ2n) is 5.52. The Labute approximate surface area is 135 Å². The van der Waals surface area contributed by atoms with Gasteiger partial charge >= 0.3 is 6.18 Å². The van der Waals surface area contributed by atoms with Gasteiger partial charge in [0.15, 0.2) is 5.82 Å². The first kappa shape index (κ1) is 16.3. The van der Waals surface area contributed by atoms with E-state index >= 15 is 0 Å². The first-order valence-electron chi connectivity index (χ1n) is 7.33. The number of carbonyl (C=O) groups is 1. The van der Waals surface area contributed by atoms with Crippen LogP contribution in [0, 0.1) is 6.92 Å². The molecule has 24 heavy (non-hydrogen) atoms. The van der Waals surface area contributed by atoms with Crippen molar-refractivity contribution in [3.05, 3.63) is 41.4 Å². The molecule has 0 fully saturated rings. The van der Waals surface area contributed by atoms with E-state index in [4.69, 9.17) is 4.42 Å².